The number of rotatable bonds is 6. The number of nitro benzene ring substituents is 1. The van der Waals surface area contributed by atoms with Crippen LogP contribution in [0.25, 0.3) is 16.3 Å². The van der Waals surface area contributed by atoms with Crippen LogP contribution in [-0.2, 0) is 19.2 Å². The van der Waals surface area contributed by atoms with Gasteiger partial charge in [-0.25, -0.2) is 4.98 Å². The third-order valence-electron chi connectivity index (χ3n) is 8.65. The predicted molar refractivity (Wildman–Crippen MR) is 187 cm³/mol. The van der Waals surface area contributed by atoms with Crippen LogP contribution in [0.1, 0.15) is 36.8 Å². The Morgan fingerprint density at radius 2 is 1.69 bits per heavy atom. The maximum Gasteiger partial charge on any atom is 0.283 e. The molecular formula is C33H24ClN5O6S3. The number of anilines is 2. The number of nitrogens with zero attached hydrogens (tertiary/aromatic N) is 4. The van der Waals surface area contributed by atoms with Crippen molar-refractivity contribution in [3.8, 4) is 0 Å². The second-order valence-corrected chi connectivity index (χ2v) is 14.7. The van der Waals surface area contributed by atoms with Gasteiger partial charge in [0.1, 0.15) is 5.57 Å². The van der Waals surface area contributed by atoms with Gasteiger partial charge in [-0.3, -0.25) is 44.4 Å². The van der Waals surface area contributed by atoms with Gasteiger partial charge in [0.2, 0.25) is 11.8 Å². The van der Waals surface area contributed by atoms with Gasteiger partial charge in [-0.05, 0) is 85.6 Å². The summed E-state index contributed by atoms with van der Waals surface area (Å²) in [6.45, 7) is 1.81. The van der Waals surface area contributed by atoms with Gasteiger partial charge in [-0.2, -0.15) is 0 Å². The highest BCUT2D eigenvalue weighted by Crippen LogP contribution is 2.43. The van der Waals surface area contributed by atoms with Crippen molar-refractivity contribution in [2.24, 2.45) is 11.8 Å². The first-order valence-corrected chi connectivity index (χ1v) is 17.3. The molecule has 2 atom stereocenters. The largest absolute Gasteiger partial charge is 0.298 e. The molecule has 1 saturated carbocycles. The van der Waals surface area contributed by atoms with E-state index in [1.807, 2.05) is 6.92 Å². The highest BCUT2D eigenvalue weighted by atomic mass is 35.5. The number of aromatic nitrogens is 1. The molecule has 3 aromatic carbocycles. The Bertz CT molecular complexity index is 2120. The second kappa shape index (κ2) is 12.5. The lowest BCUT2D eigenvalue weighted by Gasteiger charge is -2.29. The van der Waals surface area contributed by atoms with Crippen molar-refractivity contribution in [3.05, 3.63) is 86.4 Å². The number of nitro groups is 1. The van der Waals surface area contributed by atoms with Crippen molar-refractivity contribution in [1.29, 1.82) is 0 Å². The zero-order chi connectivity index (χ0) is 33.9. The number of carbonyl (C=O) groups is 4. The van der Waals surface area contributed by atoms with Gasteiger partial charge < -0.3 is 0 Å². The second-order valence-electron chi connectivity index (χ2n) is 11.6. The van der Waals surface area contributed by atoms with Crippen LogP contribution in [0.4, 0.5) is 17.1 Å². The number of hydrogen-bond donors (Lipinski definition) is 1. The van der Waals surface area contributed by atoms with Gasteiger partial charge in [0.15, 0.2) is 9.45 Å². The smallest absolute Gasteiger partial charge is 0.283 e. The van der Waals surface area contributed by atoms with Crippen LogP contribution in [0.3, 0.4) is 0 Å². The Labute approximate surface area is 292 Å². The molecule has 4 aromatic rings. The molecule has 1 N–H and O–H groups in total. The van der Waals surface area contributed by atoms with E-state index in [9.17, 15) is 29.3 Å². The molecule has 3 aliphatic rings. The number of benzene rings is 3. The number of thiocarbonyl (C=S) groups is 1. The Kier molecular flexibility index (Phi) is 8.36. The van der Waals surface area contributed by atoms with Gasteiger partial charge in [0.05, 0.1) is 43.2 Å². The number of carbonyl (C=O) groups excluding carboxylic acids is 4. The molecule has 0 unspecified atom stereocenters. The third-order valence-corrected chi connectivity index (χ3v) is 11.5. The van der Waals surface area contributed by atoms with Crippen LogP contribution < -0.4 is 15.1 Å². The topological polar surface area (TPSA) is 143 Å². The molecule has 1 aromatic heterocycles. The number of fused-ring (bicyclic) bond motifs is 2. The highest BCUT2D eigenvalue weighted by Gasteiger charge is 2.48. The maximum atomic E-state index is 13.5. The fourth-order valence-electron chi connectivity index (χ4n) is 6.22. The van der Waals surface area contributed by atoms with Crippen LogP contribution in [0.15, 0.2) is 69.4 Å². The number of aryl methyl sites for hydroxylation is 1. The summed E-state index contributed by atoms with van der Waals surface area (Å²) in [7, 11) is 0. The molecule has 2 aliphatic heterocycles. The van der Waals surface area contributed by atoms with E-state index >= 15 is 0 Å². The van der Waals surface area contributed by atoms with Crippen LogP contribution in [0.5, 0.6) is 0 Å². The first kappa shape index (κ1) is 32.1. The molecule has 1 aliphatic carbocycles. The van der Waals surface area contributed by atoms with Crippen LogP contribution >= 0.6 is 46.9 Å². The van der Waals surface area contributed by atoms with E-state index in [1.54, 1.807) is 42.5 Å². The minimum absolute atomic E-state index is 0.112. The zero-order valence-corrected chi connectivity index (χ0v) is 28.3. The molecule has 2 saturated heterocycles. The molecule has 11 nitrogen and oxygen atoms in total. The third kappa shape index (κ3) is 5.68. The molecule has 0 spiro atoms. The van der Waals surface area contributed by atoms with Gasteiger partial charge in [0.25, 0.3) is 17.5 Å². The minimum atomic E-state index is -0.731. The Morgan fingerprint density at radius 3 is 2.38 bits per heavy atom. The fraction of sp³-hybridized carbons (Fsp3) is 0.212. The van der Waals surface area contributed by atoms with E-state index in [0.717, 1.165) is 52.6 Å². The number of nitrogens with one attached hydrogen (secondary N) is 1. The van der Waals surface area contributed by atoms with E-state index < -0.39 is 16.7 Å². The van der Waals surface area contributed by atoms with Crippen molar-refractivity contribution in [3.63, 3.8) is 0 Å². The monoisotopic (exact) mass is 717 g/mol. The van der Waals surface area contributed by atoms with Gasteiger partial charge in [0, 0.05) is 11.1 Å². The summed E-state index contributed by atoms with van der Waals surface area (Å²) in [6, 6.07) is 14.5. The summed E-state index contributed by atoms with van der Waals surface area (Å²) in [6.07, 6.45) is 4.61. The molecule has 4 amide bonds. The van der Waals surface area contributed by atoms with Gasteiger partial charge >= 0.3 is 0 Å². The fourth-order valence-corrected chi connectivity index (χ4v) is 8.82. The van der Waals surface area contributed by atoms with Crippen molar-refractivity contribution < 1.29 is 24.1 Å². The molecule has 0 bridgehead atoms. The number of amides is 4. The molecule has 3 heterocycles. The van der Waals surface area contributed by atoms with Crippen LogP contribution in [-0.4, -0.2) is 38.6 Å². The molecule has 7 rings (SSSR count). The summed E-state index contributed by atoms with van der Waals surface area (Å²) >= 11 is 13.9. The number of halogens is 1. The molecule has 3 fully saturated rings. The Morgan fingerprint density at radius 1 is 1.00 bits per heavy atom. The zero-order valence-electron chi connectivity index (χ0n) is 25.1. The van der Waals surface area contributed by atoms with Crippen molar-refractivity contribution in [2.45, 2.75) is 41.8 Å². The predicted octanol–water partition coefficient (Wildman–Crippen LogP) is 6.83. The lowest BCUT2D eigenvalue weighted by atomic mass is 9.81. The molecule has 15 heteroatoms. The highest BCUT2D eigenvalue weighted by molar-refractivity contribution is 8.01. The molecule has 48 heavy (non-hydrogen) atoms. The summed E-state index contributed by atoms with van der Waals surface area (Å²) in [5.74, 6) is -2.27. The maximum absolute atomic E-state index is 13.5. The standard InChI is InChI=1S/C33H24ClN5O6S3/c1-16-6-8-18(14-23(16)34)38-31(43)22(28(40)36-32(38)46)12-17-7-11-26(25(13-17)39(44)45)47-33-35-24-10-9-19(15-27(24)48-33)37-29(41)20-4-2-3-5-21(20)30(37)42/h6-15,20-21H,2-5H2,1H3,(H,36,40,46)/b22-12+/t20-,21-/m0/s1. The van der Waals surface area contributed by atoms with E-state index in [0.29, 0.717) is 31.1 Å². The molecular weight excluding hydrogens is 694 g/mol. The van der Waals surface area contributed by atoms with Crippen molar-refractivity contribution in [1.82, 2.24) is 10.3 Å². The lowest BCUT2D eigenvalue weighted by molar-refractivity contribution is -0.387. The van der Waals surface area contributed by atoms with Gasteiger partial charge in [-0.1, -0.05) is 48.3 Å². The number of imide groups is 1. The lowest BCUT2D eigenvalue weighted by Crippen LogP contribution is -2.54. The number of hydrogen-bond acceptors (Lipinski definition) is 10. The van der Waals surface area contributed by atoms with Crippen LogP contribution in [0.2, 0.25) is 5.02 Å². The Balaban J connectivity index is 1.15. The summed E-state index contributed by atoms with van der Waals surface area (Å²) in [4.78, 5) is 71.5. The average molecular weight is 718 g/mol. The minimum Gasteiger partial charge on any atom is -0.298 e. The summed E-state index contributed by atoms with van der Waals surface area (Å²) < 4.78 is 1.25. The van der Waals surface area contributed by atoms with E-state index in [2.05, 4.69) is 10.3 Å². The molecule has 0 radical (unpaired) electrons. The van der Waals surface area contributed by atoms with E-state index in [1.165, 1.54) is 34.4 Å². The number of thiazole rings is 1. The van der Waals surface area contributed by atoms with E-state index in [4.69, 9.17) is 23.8 Å². The van der Waals surface area contributed by atoms with Crippen molar-refractivity contribution in [2.75, 3.05) is 9.80 Å². The van der Waals surface area contributed by atoms with Crippen LogP contribution in [0, 0.1) is 28.9 Å². The first-order chi connectivity index (χ1) is 23.0. The normalized spacial score (nSPS) is 20.5. The molecule has 242 valence electrons. The first-order valence-electron chi connectivity index (χ1n) is 14.9. The summed E-state index contributed by atoms with van der Waals surface area (Å²) in [5, 5.41) is 15.0. The van der Waals surface area contributed by atoms with Gasteiger partial charge in [-0.15, -0.1) is 11.3 Å². The Hall–Kier alpha value is -4.50. The quantitative estimate of drug-likeness (QED) is 0.0567. The van der Waals surface area contributed by atoms with E-state index in [-0.39, 0.29) is 45.6 Å². The van der Waals surface area contributed by atoms with Crippen molar-refractivity contribution >= 4 is 109 Å². The summed E-state index contributed by atoms with van der Waals surface area (Å²) in [5.41, 5.74) is 2.05. The SMILES string of the molecule is Cc1ccc(N2C(=O)/C(=C/c3ccc(Sc4nc5ccc(N6C(=O)[C@H]7CCCC[C@@H]7C6=O)cc5s4)c([N+](=O)[O-])c3)C(=O)NC2=S)cc1Cl. The average Bonchev–Trinajstić information content (AvgIpc) is 3.57.